The second-order valence-corrected chi connectivity index (χ2v) is 10.6. The van der Waals surface area contributed by atoms with Crippen molar-refractivity contribution in [1.82, 2.24) is 14.9 Å². The van der Waals surface area contributed by atoms with E-state index in [0.29, 0.717) is 41.4 Å². The molecule has 1 atom stereocenters. The van der Waals surface area contributed by atoms with Crippen LogP contribution < -0.4 is 5.32 Å². The van der Waals surface area contributed by atoms with Gasteiger partial charge in [0.15, 0.2) is 0 Å². The zero-order valence-corrected chi connectivity index (χ0v) is 24.0. The van der Waals surface area contributed by atoms with Gasteiger partial charge in [0.1, 0.15) is 5.82 Å². The van der Waals surface area contributed by atoms with Crippen molar-refractivity contribution < 1.29 is 14.3 Å². The van der Waals surface area contributed by atoms with E-state index in [0.717, 1.165) is 55.6 Å². The largest absolute Gasteiger partial charge is 0.462 e. The zero-order valence-electron chi connectivity index (χ0n) is 21.5. The highest BCUT2D eigenvalue weighted by Gasteiger charge is 2.19. The molecule has 0 aliphatic carbocycles. The topological polar surface area (TPSA) is 73.2 Å². The average molecular weight is 567 g/mol. The summed E-state index contributed by atoms with van der Waals surface area (Å²) in [5.74, 6) is 1.59. The van der Waals surface area contributed by atoms with E-state index in [4.69, 9.17) is 4.74 Å². The zero-order chi connectivity index (χ0) is 25.8. The standard InChI is InChI=1S/C27H40BrN3O3S/c1-5-7-9-25-29-15-22(16-30-26(32)21(18-35)13-19(3)4)31(25)17-20-10-11-23(24(28)14-20)27(33)34-12-8-6-2/h10-11,14-15,19,21,35H,5-9,12-13,16-18H2,1-4H3,(H,30,32). The number of nitrogens with one attached hydrogen (secondary N) is 1. The monoisotopic (exact) mass is 565 g/mol. The SMILES string of the molecule is CCCCOC(=O)c1ccc(Cn2c(CNC(=O)C(CS)CC(C)C)cnc2CCCC)cc1Br. The number of esters is 1. The fourth-order valence-electron chi connectivity index (χ4n) is 3.87. The van der Waals surface area contributed by atoms with Gasteiger partial charge in [0.25, 0.3) is 0 Å². The number of hydrogen-bond acceptors (Lipinski definition) is 5. The van der Waals surface area contributed by atoms with Crippen molar-refractivity contribution in [1.29, 1.82) is 0 Å². The van der Waals surface area contributed by atoms with Crippen molar-refractivity contribution >= 4 is 40.4 Å². The summed E-state index contributed by atoms with van der Waals surface area (Å²) in [5.41, 5.74) is 2.53. The van der Waals surface area contributed by atoms with Crippen LogP contribution in [-0.2, 0) is 29.0 Å². The van der Waals surface area contributed by atoms with Crippen LogP contribution in [0.4, 0.5) is 0 Å². The second-order valence-electron chi connectivity index (χ2n) is 9.39. The summed E-state index contributed by atoms with van der Waals surface area (Å²) in [6.07, 6.45) is 7.52. The first-order valence-electron chi connectivity index (χ1n) is 12.7. The maximum Gasteiger partial charge on any atom is 0.339 e. The van der Waals surface area contributed by atoms with Gasteiger partial charge in [-0.3, -0.25) is 4.79 Å². The highest BCUT2D eigenvalue weighted by molar-refractivity contribution is 9.10. The Hall–Kier alpha value is -1.80. The van der Waals surface area contributed by atoms with Gasteiger partial charge in [0.05, 0.1) is 30.6 Å². The molecule has 1 heterocycles. The lowest BCUT2D eigenvalue weighted by molar-refractivity contribution is -0.124. The van der Waals surface area contributed by atoms with Crippen molar-refractivity contribution in [3.8, 4) is 0 Å². The minimum atomic E-state index is -0.313. The van der Waals surface area contributed by atoms with Gasteiger partial charge >= 0.3 is 5.97 Å². The molecule has 1 aromatic heterocycles. The number of amides is 1. The molecule has 1 amide bonds. The molecular weight excluding hydrogens is 526 g/mol. The van der Waals surface area contributed by atoms with Gasteiger partial charge in [-0.25, -0.2) is 9.78 Å². The summed E-state index contributed by atoms with van der Waals surface area (Å²) < 4.78 is 8.24. The molecule has 0 saturated heterocycles. The van der Waals surface area contributed by atoms with E-state index >= 15 is 0 Å². The van der Waals surface area contributed by atoms with Crippen LogP contribution in [0, 0.1) is 11.8 Å². The molecule has 1 aromatic carbocycles. The van der Waals surface area contributed by atoms with Crippen molar-refractivity contribution in [2.24, 2.45) is 11.8 Å². The number of ether oxygens (including phenoxy) is 1. The van der Waals surface area contributed by atoms with E-state index in [2.05, 4.69) is 71.1 Å². The van der Waals surface area contributed by atoms with Crippen LogP contribution in [0.2, 0.25) is 0 Å². The minimum absolute atomic E-state index is 0.0326. The lowest BCUT2D eigenvalue weighted by Crippen LogP contribution is -2.32. The number of carbonyl (C=O) groups excluding carboxylic acids is 2. The third kappa shape index (κ3) is 9.30. The molecule has 1 unspecified atom stereocenters. The molecule has 0 radical (unpaired) electrons. The predicted molar refractivity (Wildman–Crippen MR) is 148 cm³/mol. The number of imidazole rings is 1. The summed E-state index contributed by atoms with van der Waals surface area (Å²) in [6, 6.07) is 5.72. The highest BCUT2D eigenvalue weighted by Crippen LogP contribution is 2.22. The Morgan fingerprint density at radius 3 is 2.57 bits per heavy atom. The van der Waals surface area contributed by atoms with Gasteiger partial charge in [-0.2, -0.15) is 12.6 Å². The molecule has 2 rings (SSSR count). The Balaban J connectivity index is 2.17. The lowest BCUT2D eigenvalue weighted by Gasteiger charge is -2.18. The molecule has 0 aliphatic heterocycles. The van der Waals surface area contributed by atoms with Gasteiger partial charge in [-0.15, -0.1) is 0 Å². The number of halogens is 1. The first-order chi connectivity index (χ1) is 16.8. The van der Waals surface area contributed by atoms with Crippen molar-refractivity contribution in [3.05, 3.63) is 51.5 Å². The molecule has 0 fully saturated rings. The Morgan fingerprint density at radius 2 is 1.94 bits per heavy atom. The third-order valence-corrected chi connectivity index (χ3v) is 6.99. The first kappa shape index (κ1) is 29.4. The second kappa shape index (κ2) is 15.3. The summed E-state index contributed by atoms with van der Waals surface area (Å²) in [4.78, 5) is 29.8. The number of rotatable bonds is 15. The molecule has 0 spiro atoms. The summed E-state index contributed by atoms with van der Waals surface area (Å²) in [5, 5.41) is 3.09. The number of unbranched alkanes of at least 4 members (excludes halogenated alkanes) is 2. The van der Waals surface area contributed by atoms with Crippen LogP contribution >= 0.6 is 28.6 Å². The Bertz CT molecular complexity index is 961. The molecule has 8 heteroatoms. The third-order valence-electron chi connectivity index (χ3n) is 5.89. The lowest BCUT2D eigenvalue weighted by atomic mass is 9.98. The quantitative estimate of drug-likeness (QED) is 0.153. The fraction of sp³-hybridized carbons (Fsp3) is 0.593. The van der Waals surface area contributed by atoms with Gasteiger partial charge in [-0.1, -0.05) is 46.6 Å². The summed E-state index contributed by atoms with van der Waals surface area (Å²) in [7, 11) is 0. The molecule has 35 heavy (non-hydrogen) atoms. The van der Waals surface area contributed by atoms with Crippen molar-refractivity contribution in [2.75, 3.05) is 12.4 Å². The molecule has 0 saturated carbocycles. The van der Waals surface area contributed by atoms with Crippen LogP contribution in [0.5, 0.6) is 0 Å². The van der Waals surface area contributed by atoms with Gasteiger partial charge < -0.3 is 14.6 Å². The van der Waals surface area contributed by atoms with E-state index in [1.54, 1.807) is 6.07 Å². The number of benzene rings is 1. The Kier molecular flexibility index (Phi) is 12.9. The van der Waals surface area contributed by atoms with E-state index in [1.165, 1.54) is 0 Å². The smallest absolute Gasteiger partial charge is 0.339 e. The Morgan fingerprint density at radius 1 is 1.20 bits per heavy atom. The molecule has 6 nitrogen and oxygen atoms in total. The van der Waals surface area contributed by atoms with Crippen LogP contribution in [0.15, 0.2) is 28.9 Å². The Labute approximate surface area is 224 Å². The fourth-order valence-corrected chi connectivity index (χ4v) is 4.77. The molecular formula is C27H40BrN3O3S. The molecule has 0 aliphatic rings. The predicted octanol–water partition coefficient (Wildman–Crippen LogP) is 6.20. The van der Waals surface area contributed by atoms with Gasteiger partial charge in [-0.05, 0) is 58.8 Å². The van der Waals surface area contributed by atoms with Gasteiger partial charge in [0.2, 0.25) is 5.91 Å². The van der Waals surface area contributed by atoms with Crippen LogP contribution in [0.1, 0.15) is 87.2 Å². The van der Waals surface area contributed by atoms with Crippen LogP contribution in [0.3, 0.4) is 0 Å². The molecule has 1 N–H and O–H groups in total. The van der Waals surface area contributed by atoms with Crippen LogP contribution in [-0.4, -0.2) is 33.8 Å². The van der Waals surface area contributed by atoms with E-state index in [9.17, 15) is 9.59 Å². The van der Waals surface area contributed by atoms with Gasteiger partial charge in [0, 0.05) is 29.1 Å². The van der Waals surface area contributed by atoms with Crippen molar-refractivity contribution in [3.63, 3.8) is 0 Å². The summed E-state index contributed by atoms with van der Waals surface area (Å²) >= 11 is 7.92. The maximum absolute atomic E-state index is 12.7. The minimum Gasteiger partial charge on any atom is -0.462 e. The first-order valence-corrected chi connectivity index (χ1v) is 14.1. The number of thiol groups is 1. The van der Waals surface area contributed by atoms with Crippen LogP contribution in [0.25, 0.3) is 0 Å². The molecule has 0 bridgehead atoms. The van der Waals surface area contributed by atoms with E-state index < -0.39 is 0 Å². The average Bonchev–Trinajstić information content (AvgIpc) is 3.20. The maximum atomic E-state index is 12.7. The molecule has 2 aromatic rings. The number of hydrogen-bond donors (Lipinski definition) is 2. The normalized spacial score (nSPS) is 12.1. The van der Waals surface area contributed by atoms with E-state index in [-0.39, 0.29) is 17.8 Å². The summed E-state index contributed by atoms with van der Waals surface area (Å²) in [6.45, 7) is 9.92. The number of carbonyl (C=O) groups is 2. The van der Waals surface area contributed by atoms with E-state index in [1.807, 2.05) is 18.3 Å². The number of aryl methyl sites for hydroxylation is 1. The highest BCUT2D eigenvalue weighted by atomic mass is 79.9. The number of aromatic nitrogens is 2. The van der Waals surface area contributed by atoms with Crippen molar-refractivity contribution in [2.45, 2.75) is 79.3 Å². The molecule has 194 valence electrons. The number of nitrogens with zero attached hydrogens (tertiary/aromatic N) is 2.